The summed E-state index contributed by atoms with van der Waals surface area (Å²) in [4.78, 5) is 16.6. The summed E-state index contributed by atoms with van der Waals surface area (Å²) < 4.78 is 4.06. The van der Waals surface area contributed by atoms with Crippen molar-refractivity contribution < 1.29 is 4.79 Å². The average Bonchev–Trinajstić information content (AvgIpc) is 3.09. The minimum atomic E-state index is 0.0610. The van der Waals surface area contributed by atoms with Crippen LogP contribution in [-0.4, -0.2) is 20.0 Å². The minimum Gasteiger partial charge on any atom is -0.354 e. The van der Waals surface area contributed by atoms with E-state index in [4.69, 9.17) is 0 Å². The molecule has 1 saturated carbocycles. The van der Waals surface area contributed by atoms with Gasteiger partial charge in [0, 0.05) is 44.8 Å². The summed E-state index contributed by atoms with van der Waals surface area (Å²) in [5.74, 6) is 1.62. The highest BCUT2D eigenvalue weighted by Gasteiger charge is 2.35. The van der Waals surface area contributed by atoms with Crippen LogP contribution in [0.5, 0.6) is 0 Å². The van der Waals surface area contributed by atoms with Gasteiger partial charge in [-0.25, -0.2) is 4.98 Å². The van der Waals surface area contributed by atoms with E-state index in [-0.39, 0.29) is 11.9 Å². The highest BCUT2D eigenvalue weighted by molar-refractivity contribution is 5.76. The zero-order valence-corrected chi connectivity index (χ0v) is 12.6. The quantitative estimate of drug-likeness (QED) is 0.882. The van der Waals surface area contributed by atoms with Crippen LogP contribution >= 0.6 is 0 Å². The van der Waals surface area contributed by atoms with Crippen molar-refractivity contribution in [3.05, 3.63) is 42.2 Å². The number of aromatic nitrogens is 3. The summed E-state index contributed by atoms with van der Waals surface area (Å²) in [5.41, 5.74) is 1.19. The Balaban J connectivity index is 1.60. The number of carbonyl (C=O) groups excluding carboxylic acids is 1. The monoisotopic (exact) mass is 286 g/mol. The third kappa shape index (κ3) is 3.17. The van der Waals surface area contributed by atoms with Gasteiger partial charge in [-0.3, -0.25) is 4.79 Å². The van der Waals surface area contributed by atoms with Crippen LogP contribution in [0.15, 0.2) is 30.7 Å². The van der Waals surface area contributed by atoms with E-state index in [0.717, 1.165) is 12.2 Å². The standard InChI is InChI=1S/C16H22N4O/c1-19-10-3-4-13(19)7-8-14(21)18-15(12-5-6-12)16-17-9-11-20(16)2/h3-4,9-12,15H,5-8H2,1-2H3,(H,18,21)/t15-/m0/s1. The van der Waals surface area contributed by atoms with Gasteiger partial charge < -0.3 is 14.5 Å². The predicted octanol–water partition coefficient (Wildman–Crippen LogP) is 1.96. The molecule has 1 atom stereocenters. The molecule has 21 heavy (non-hydrogen) atoms. The van der Waals surface area contributed by atoms with Gasteiger partial charge in [0.25, 0.3) is 0 Å². The summed E-state index contributed by atoms with van der Waals surface area (Å²) in [6.45, 7) is 0. The van der Waals surface area contributed by atoms with E-state index in [1.54, 1.807) is 6.20 Å². The van der Waals surface area contributed by atoms with Gasteiger partial charge in [0.1, 0.15) is 5.82 Å². The lowest BCUT2D eigenvalue weighted by Crippen LogP contribution is -2.31. The highest BCUT2D eigenvalue weighted by Crippen LogP contribution is 2.40. The molecule has 0 radical (unpaired) electrons. The van der Waals surface area contributed by atoms with Gasteiger partial charge in [-0.2, -0.15) is 0 Å². The molecule has 1 aliphatic carbocycles. The molecule has 0 unspecified atom stereocenters. The van der Waals surface area contributed by atoms with Gasteiger partial charge in [0.2, 0.25) is 5.91 Å². The largest absolute Gasteiger partial charge is 0.354 e. The number of hydrogen-bond acceptors (Lipinski definition) is 2. The normalized spacial score (nSPS) is 15.9. The zero-order chi connectivity index (χ0) is 14.8. The van der Waals surface area contributed by atoms with Crippen molar-refractivity contribution in [3.8, 4) is 0 Å². The lowest BCUT2D eigenvalue weighted by Gasteiger charge is -2.18. The smallest absolute Gasteiger partial charge is 0.220 e. The molecule has 2 aromatic rings. The number of rotatable bonds is 6. The summed E-state index contributed by atoms with van der Waals surface area (Å²) in [6, 6.07) is 4.13. The van der Waals surface area contributed by atoms with Crippen LogP contribution in [0.4, 0.5) is 0 Å². The molecule has 0 spiro atoms. The van der Waals surface area contributed by atoms with Crippen molar-refractivity contribution in [1.29, 1.82) is 0 Å². The first-order chi connectivity index (χ1) is 10.1. The molecule has 0 bridgehead atoms. The Morgan fingerprint density at radius 2 is 2.19 bits per heavy atom. The Morgan fingerprint density at radius 1 is 1.38 bits per heavy atom. The fourth-order valence-corrected chi connectivity index (χ4v) is 2.74. The van der Waals surface area contributed by atoms with Crippen molar-refractivity contribution in [2.45, 2.75) is 31.7 Å². The van der Waals surface area contributed by atoms with E-state index < -0.39 is 0 Å². The zero-order valence-electron chi connectivity index (χ0n) is 12.6. The second-order valence-corrected chi connectivity index (χ2v) is 5.89. The molecule has 1 fully saturated rings. The second kappa shape index (κ2) is 5.76. The number of nitrogens with one attached hydrogen (secondary N) is 1. The van der Waals surface area contributed by atoms with E-state index in [2.05, 4.69) is 20.9 Å². The van der Waals surface area contributed by atoms with E-state index in [0.29, 0.717) is 12.3 Å². The van der Waals surface area contributed by atoms with Crippen molar-refractivity contribution in [1.82, 2.24) is 19.4 Å². The molecule has 2 aromatic heterocycles. The van der Waals surface area contributed by atoms with Crippen LogP contribution in [-0.2, 0) is 25.3 Å². The molecule has 2 heterocycles. The molecule has 1 amide bonds. The van der Waals surface area contributed by atoms with E-state index in [1.807, 2.05) is 37.1 Å². The fraction of sp³-hybridized carbons (Fsp3) is 0.500. The van der Waals surface area contributed by atoms with Crippen molar-refractivity contribution in [3.63, 3.8) is 0 Å². The van der Waals surface area contributed by atoms with Crippen LogP contribution in [0.2, 0.25) is 0 Å². The molecular formula is C16H22N4O. The number of nitrogens with zero attached hydrogens (tertiary/aromatic N) is 3. The van der Waals surface area contributed by atoms with Crippen molar-refractivity contribution in [2.24, 2.45) is 20.0 Å². The Bertz CT molecular complexity index is 624. The Hall–Kier alpha value is -2.04. The van der Waals surface area contributed by atoms with Crippen LogP contribution in [0.3, 0.4) is 0 Å². The van der Waals surface area contributed by atoms with Gasteiger partial charge in [0.15, 0.2) is 0 Å². The first-order valence-electron chi connectivity index (χ1n) is 7.52. The second-order valence-electron chi connectivity index (χ2n) is 5.89. The lowest BCUT2D eigenvalue weighted by atomic mass is 10.1. The van der Waals surface area contributed by atoms with E-state index in [1.165, 1.54) is 18.5 Å². The van der Waals surface area contributed by atoms with Crippen LogP contribution in [0.1, 0.15) is 36.8 Å². The predicted molar refractivity (Wildman–Crippen MR) is 80.5 cm³/mol. The van der Waals surface area contributed by atoms with Gasteiger partial charge in [-0.15, -0.1) is 0 Å². The third-order valence-electron chi connectivity index (χ3n) is 4.21. The van der Waals surface area contributed by atoms with Gasteiger partial charge in [0.05, 0.1) is 6.04 Å². The molecule has 5 nitrogen and oxygen atoms in total. The Morgan fingerprint density at radius 3 is 2.76 bits per heavy atom. The molecule has 3 rings (SSSR count). The molecule has 0 aliphatic heterocycles. The lowest BCUT2D eigenvalue weighted by molar-refractivity contribution is -0.122. The molecule has 1 aliphatic rings. The summed E-state index contributed by atoms with van der Waals surface area (Å²) in [5, 5.41) is 3.17. The maximum Gasteiger partial charge on any atom is 0.220 e. The number of imidazole rings is 1. The highest BCUT2D eigenvalue weighted by atomic mass is 16.1. The first kappa shape index (κ1) is 13.9. The number of aryl methyl sites for hydroxylation is 3. The summed E-state index contributed by atoms with van der Waals surface area (Å²) in [7, 11) is 3.99. The molecule has 0 aromatic carbocycles. The Labute approximate surface area is 125 Å². The van der Waals surface area contributed by atoms with E-state index in [9.17, 15) is 4.79 Å². The molecular weight excluding hydrogens is 264 g/mol. The molecule has 112 valence electrons. The van der Waals surface area contributed by atoms with Crippen LogP contribution < -0.4 is 5.32 Å². The fourth-order valence-electron chi connectivity index (χ4n) is 2.74. The third-order valence-corrected chi connectivity index (χ3v) is 4.21. The van der Waals surface area contributed by atoms with Gasteiger partial charge in [-0.1, -0.05) is 0 Å². The first-order valence-corrected chi connectivity index (χ1v) is 7.52. The van der Waals surface area contributed by atoms with Crippen LogP contribution in [0.25, 0.3) is 0 Å². The molecule has 0 saturated heterocycles. The van der Waals surface area contributed by atoms with Crippen molar-refractivity contribution >= 4 is 5.91 Å². The van der Waals surface area contributed by atoms with Gasteiger partial charge >= 0.3 is 0 Å². The number of carbonyl (C=O) groups is 1. The number of amides is 1. The van der Waals surface area contributed by atoms with E-state index >= 15 is 0 Å². The summed E-state index contributed by atoms with van der Waals surface area (Å²) in [6.07, 6.45) is 9.37. The Kier molecular flexibility index (Phi) is 3.82. The topological polar surface area (TPSA) is 51.9 Å². The van der Waals surface area contributed by atoms with Crippen LogP contribution in [0, 0.1) is 5.92 Å². The number of hydrogen-bond donors (Lipinski definition) is 1. The maximum atomic E-state index is 12.2. The summed E-state index contributed by atoms with van der Waals surface area (Å²) >= 11 is 0. The van der Waals surface area contributed by atoms with Crippen molar-refractivity contribution in [2.75, 3.05) is 0 Å². The average molecular weight is 286 g/mol. The maximum absolute atomic E-state index is 12.2. The molecule has 1 N–H and O–H groups in total. The van der Waals surface area contributed by atoms with Gasteiger partial charge in [-0.05, 0) is 37.3 Å². The SMILES string of the molecule is Cn1cccc1CCC(=O)N[C@H](c1nccn1C)C1CC1. The molecule has 5 heteroatoms. The minimum absolute atomic E-state index is 0.0610.